The number of likely N-dealkylation sites (N-methyl/N-ethyl adjacent to an activating group) is 1. The molecule has 2 aliphatic rings. The van der Waals surface area contributed by atoms with Crippen molar-refractivity contribution in [1.82, 2.24) is 15.1 Å². The molecule has 0 aliphatic carbocycles. The zero-order chi connectivity index (χ0) is 30.3. The predicted octanol–water partition coefficient (Wildman–Crippen LogP) is 6.02. The molecule has 0 spiro atoms. The second-order valence-corrected chi connectivity index (χ2v) is 10.9. The molecular weight excluding hydrogens is 564 g/mol. The number of aliphatic imine (C=N–C) groups is 1. The van der Waals surface area contributed by atoms with Gasteiger partial charge >= 0.3 is 0 Å². The maximum atomic E-state index is 14.0. The SMILES string of the molecule is CCN(CC)C(=O)C1=C(C)N=C2SC=C(CC(=O)NCc3ccco3)N2C1c1ccc(OCc2ccccc2)c(OC)c1. The number of amides is 2. The van der Waals surface area contributed by atoms with Crippen LogP contribution >= 0.6 is 11.8 Å². The summed E-state index contributed by atoms with van der Waals surface area (Å²) in [5.41, 5.74) is 3.85. The van der Waals surface area contributed by atoms with Crippen molar-refractivity contribution in [2.45, 2.75) is 46.4 Å². The van der Waals surface area contributed by atoms with Crippen LogP contribution in [0.5, 0.6) is 11.5 Å². The lowest BCUT2D eigenvalue weighted by atomic mass is 9.92. The fourth-order valence-electron chi connectivity index (χ4n) is 5.17. The van der Waals surface area contributed by atoms with Crippen molar-refractivity contribution in [2.24, 2.45) is 4.99 Å². The summed E-state index contributed by atoms with van der Waals surface area (Å²) in [4.78, 5) is 35.6. The van der Waals surface area contributed by atoms with E-state index in [0.717, 1.165) is 22.0 Å². The van der Waals surface area contributed by atoms with Gasteiger partial charge in [-0.25, -0.2) is 4.99 Å². The molecule has 2 aliphatic heterocycles. The second kappa shape index (κ2) is 13.7. The van der Waals surface area contributed by atoms with Crippen LogP contribution in [-0.2, 0) is 22.7 Å². The lowest BCUT2D eigenvalue weighted by molar-refractivity contribution is -0.127. The van der Waals surface area contributed by atoms with Crippen LogP contribution in [0.25, 0.3) is 0 Å². The number of nitrogens with zero attached hydrogens (tertiary/aromatic N) is 3. The van der Waals surface area contributed by atoms with Crippen molar-refractivity contribution >= 4 is 28.7 Å². The number of allylic oxidation sites excluding steroid dienone is 1. The largest absolute Gasteiger partial charge is 0.493 e. The Morgan fingerprint density at radius 2 is 1.86 bits per heavy atom. The van der Waals surface area contributed by atoms with E-state index in [0.29, 0.717) is 54.8 Å². The van der Waals surface area contributed by atoms with Crippen molar-refractivity contribution in [2.75, 3.05) is 20.2 Å². The molecule has 2 aromatic carbocycles. The Morgan fingerprint density at radius 3 is 2.56 bits per heavy atom. The highest BCUT2D eigenvalue weighted by molar-refractivity contribution is 8.16. The van der Waals surface area contributed by atoms with Crippen LogP contribution < -0.4 is 14.8 Å². The number of ether oxygens (including phenoxy) is 2. The van der Waals surface area contributed by atoms with E-state index < -0.39 is 6.04 Å². The number of furan rings is 1. The maximum Gasteiger partial charge on any atom is 0.254 e. The molecule has 5 rings (SSSR count). The number of benzene rings is 2. The van der Waals surface area contributed by atoms with E-state index in [1.807, 2.05) is 85.7 Å². The minimum atomic E-state index is -0.517. The average molecular weight is 601 g/mol. The summed E-state index contributed by atoms with van der Waals surface area (Å²) in [7, 11) is 1.60. The Morgan fingerprint density at radius 1 is 1.07 bits per heavy atom. The van der Waals surface area contributed by atoms with E-state index >= 15 is 0 Å². The highest BCUT2D eigenvalue weighted by Crippen LogP contribution is 2.46. The molecule has 0 bridgehead atoms. The predicted molar refractivity (Wildman–Crippen MR) is 167 cm³/mol. The third-order valence-electron chi connectivity index (χ3n) is 7.40. The molecule has 10 heteroatoms. The van der Waals surface area contributed by atoms with Gasteiger partial charge in [0.1, 0.15) is 12.4 Å². The molecule has 1 atom stereocenters. The zero-order valence-electron chi connectivity index (χ0n) is 24.8. The van der Waals surface area contributed by atoms with E-state index in [1.165, 1.54) is 11.8 Å². The first-order valence-corrected chi connectivity index (χ1v) is 15.2. The molecule has 0 saturated heterocycles. The lowest BCUT2D eigenvalue weighted by Gasteiger charge is -2.38. The average Bonchev–Trinajstić information content (AvgIpc) is 3.69. The van der Waals surface area contributed by atoms with Gasteiger partial charge in [0.2, 0.25) is 5.91 Å². The van der Waals surface area contributed by atoms with Gasteiger partial charge in [0.05, 0.1) is 43.7 Å². The molecule has 224 valence electrons. The van der Waals surface area contributed by atoms with Gasteiger partial charge in [-0.2, -0.15) is 0 Å². The molecular formula is C33H36N4O5S. The fourth-order valence-corrected chi connectivity index (χ4v) is 6.14. The van der Waals surface area contributed by atoms with E-state index in [2.05, 4.69) is 5.32 Å². The molecule has 9 nitrogen and oxygen atoms in total. The quantitative estimate of drug-likeness (QED) is 0.272. The number of fused-ring (bicyclic) bond motifs is 1. The van der Waals surface area contributed by atoms with Gasteiger partial charge in [-0.1, -0.05) is 48.2 Å². The minimum absolute atomic E-state index is 0.0859. The smallest absolute Gasteiger partial charge is 0.254 e. The molecule has 43 heavy (non-hydrogen) atoms. The summed E-state index contributed by atoms with van der Waals surface area (Å²) in [5.74, 6) is 1.58. The monoisotopic (exact) mass is 600 g/mol. The van der Waals surface area contributed by atoms with Gasteiger partial charge in [0, 0.05) is 18.8 Å². The first-order chi connectivity index (χ1) is 20.9. The van der Waals surface area contributed by atoms with Crippen LogP contribution in [0.1, 0.15) is 50.1 Å². The molecule has 2 amide bonds. The van der Waals surface area contributed by atoms with Gasteiger partial charge in [-0.05, 0) is 61.6 Å². The second-order valence-electron chi connectivity index (χ2n) is 10.1. The van der Waals surface area contributed by atoms with Crippen LogP contribution in [0.3, 0.4) is 0 Å². The highest BCUT2D eigenvalue weighted by Gasteiger charge is 2.41. The third-order valence-corrected chi connectivity index (χ3v) is 8.29. The van der Waals surface area contributed by atoms with E-state index in [1.54, 1.807) is 24.3 Å². The van der Waals surface area contributed by atoms with Gasteiger partial charge in [0.15, 0.2) is 16.7 Å². The van der Waals surface area contributed by atoms with Gasteiger partial charge < -0.3 is 29.0 Å². The zero-order valence-corrected chi connectivity index (χ0v) is 25.6. The Hall–Kier alpha value is -4.44. The number of carbonyl (C=O) groups excluding carboxylic acids is 2. The number of hydrogen-bond acceptors (Lipinski definition) is 8. The first kappa shape index (κ1) is 30.0. The summed E-state index contributed by atoms with van der Waals surface area (Å²) >= 11 is 1.45. The Balaban J connectivity index is 1.47. The topological polar surface area (TPSA) is 96.6 Å². The summed E-state index contributed by atoms with van der Waals surface area (Å²) in [6, 6.07) is 18.8. The molecule has 0 radical (unpaired) electrons. The lowest BCUT2D eigenvalue weighted by Crippen LogP contribution is -2.42. The first-order valence-electron chi connectivity index (χ1n) is 14.3. The maximum absolute atomic E-state index is 14.0. The number of carbonyl (C=O) groups is 2. The summed E-state index contributed by atoms with van der Waals surface area (Å²) in [6.07, 6.45) is 1.69. The highest BCUT2D eigenvalue weighted by atomic mass is 32.2. The fraction of sp³-hybridized carbons (Fsp3) is 0.303. The summed E-state index contributed by atoms with van der Waals surface area (Å²) in [5, 5.41) is 5.58. The standard InChI is InChI=1S/C33H36N4O5S/c1-5-36(6-2)32(39)30-22(3)35-33-37(25(21-43-33)18-29(38)34-19-26-13-10-16-41-26)31(30)24-14-15-27(28(17-24)40-4)42-20-23-11-8-7-9-12-23/h7-17,21,31H,5-6,18-20H2,1-4H3,(H,34,38). The van der Waals surface area contributed by atoms with Crippen molar-refractivity contribution in [3.8, 4) is 11.5 Å². The van der Waals surface area contributed by atoms with Crippen molar-refractivity contribution in [3.05, 3.63) is 106 Å². The molecule has 1 unspecified atom stereocenters. The molecule has 0 fully saturated rings. The van der Waals surface area contributed by atoms with E-state index in [9.17, 15) is 9.59 Å². The Bertz CT molecular complexity index is 1540. The third kappa shape index (κ3) is 6.64. The van der Waals surface area contributed by atoms with Crippen molar-refractivity contribution < 1.29 is 23.5 Å². The number of hydrogen-bond donors (Lipinski definition) is 1. The van der Waals surface area contributed by atoms with E-state index in [4.69, 9.17) is 18.9 Å². The van der Waals surface area contributed by atoms with Crippen molar-refractivity contribution in [3.63, 3.8) is 0 Å². The minimum Gasteiger partial charge on any atom is -0.493 e. The Labute approximate surface area is 256 Å². The number of thioether (sulfide) groups is 1. The molecule has 1 aromatic heterocycles. The van der Waals surface area contributed by atoms with Crippen LogP contribution in [0, 0.1) is 0 Å². The molecule has 3 heterocycles. The number of rotatable bonds is 12. The normalized spacial score (nSPS) is 15.9. The van der Waals surface area contributed by atoms with E-state index in [-0.39, 0.29) is 18.2 Å². The van der Waals surface area contributed by atoms with Gasteiger partial charge in [-0.15, -0.1) is 0 Å². The van der Waals surface area contributed by atoms with Crippen LogP contribution in [-0.4, -0.2) is 47.0 Å². The Kier molecular flexibility index (Phi) is 9.56. The van der Waals surface area contributed by atoms with Gasteiger partial charge in [-0.3, -0.25) is 9.59 Å². The summed E-state index contributed by atoms with van der Waals surface area (Å²) in [6.45, 7) is 7.62. The molecule has 3 aromatic rings. The van der Waals surface area contributed by atoms with Gasteiger partial charge in [0.25, 0.3) is 5.91 Å². The summed E-state index contributed by atoms with van der Waals surface area (Å²) < 4.78 is 17.2. The number of amidine groups is 1. The van der Waals surface area contributed by atoms with Crippen molar-refractivity contribution in [1.29, 1.82) is 0 Å². The number of methoxy groups -OCH3 is 1. The van der Waals surface area contributed by atoms with Crippen LogP contribution in [0.2, 0.25) is 0 Å². The number of nitrogens with one attached hydrogen (secondary N) is 1. The molecule has 0 saturated carbocycles. The molecule has 1 N–H and O–H groups in total. The van der Waals surface area contributed by atoms with Crippen LogP contribution in [0.15, 0.2) is 98.7 Å². The van der Waals surface area contributed by atoms with Crippen LogP contribution in [0.4, 0.5) is 0 Å².